The standard InChI is InChI=1S/C12H14N2O3/c1-7-2-3-10(13)9(4-7)11(15)14-5-8(6-14)12(16)17/h2-4,8H,5-6,13H2,1H3,(H,16,17). The summed E-state index contributed by atoms with van der Waals surface area (Å²) < 4.78 is 0. The second-order valence-electron chi connectivity index (χ2n) is 4.34. The number of hydrogen-bond acceptors (Lipinski definition) is 3. The van der Waals surface area contributed by atoms with E-state index < -0.39 is 11.9 Å². The van der Waals surface area contributed by atoms with Crippen LogP contribution in [0.2, 0.25) is 0 Å². The fourth-order valence-corrected chi connectivity index (χ4v) is 1.83. The Kier molecular flexibility index (Phi) is 2.75. The van der Waals surface area contributed by atoms with Gasteiger partial charge in [-0.1, -0.05) is 11.6 Å². The molecule has 1 saturated heterocycles. The van der Waals surface area contributed by atoms with Gasteiger partial charge in [0, 0.05) is 18.8 Å². The third kappa shape index (κ3) is 2.08. The maximum atomic E-state index is 12.0. The summed E-state index contributed by atoms with van der Waals surface area (Å²) >= 11 is 0. The lowest BCUT2D eigenvalue weighted by Gasteiger charge is -2.36. The smallest absolute Gasteiger partial charge is 0.310 e. The quantitative estimate of drug-likeness (QED) is 0.739. The van der Waals surface area contributed by atoms with Crippen LogP contribution < -0.4 is 5.73 Å². The van der Waals surface area contributed by atoms with Gasteiger partial charge in [0.2, 0.25) is 0 Å². The van der Waals surface area contributed by atoms with Gasteiger partial charge in [0.25, 0.3) is 5.91 Å². The normalized spacial score (nSPS) is 15.5. The van der Waals surface area contributed by atoms with Gasteiger partial charge < -0.3 is 15.7 Å². The highest BCUT2D eigenvalue weighted by molar-refractivity contribution is 6.00. The van der Waals surface area contributed by atoms with E-state index >= 15 is 0 Å². The average Bonchev–Trinajstić information content (AvgIpc) is 2.18. The highest BCUT2D eigenvalue weighted by Gasteiger charge is 2.36. The molecule has 0 spiro atoms. The van der Waals surface area contributed by atoms with Gasteiger partial charge in [-0.15, -0.1) is 0 Å². The van der Waals surface area contributed by atoms with E-state index in [9.17, 15) is 9.59 Å². The number of nitrogen functional groups attached to an aromatic ring is 1. The Morgan fingerprint density at radius 2 is 2.06 bits per heavy atom. The molecule has 0 aliphatic carbocycles. The van der Waals surface area contributed by atoms with Crippen molar-refractivity contribution in [3.05, 3.63) is 29.3 Å². The number of amides is 1. The number of carboxylic acid groups (broad SMARTS) is 1. The number of benzene rings is 1. The molecule has 1 aliphatic heterocycles. The van der Waals surface area contributed by atoms with Gasteiger partial charge >= 0.3 is 5.97 Å². The number of likely N-dealkylation sites (tertiary alicyclic amines) is 1. The van der Waals surface area contributed by atoms with Crippen LogP contribution in [0.3, 0.4) is 0 Å². The second-order valence-corrected chi connectivity index (χ2v) is 4.34. The van der Waals surface area contributed by atoms with E-state index in [0.717, 1.165) is 5.56 Å². The number of hydrogen-bond donors (Lipinski definition) is 2. The zero-order valence-electron chi connectivity index (χ0n) is 9.51. The summed E-state index contributed by atoms with van der Waals surface area (Å²) in [5.41, 5.74) is 7.58. The zero-order chi connectivity index (χ0) is 12.6. The van der Waals surface area contributed by atoms with E-state index in [1.165, 1.54) is 4.90 Å². The summed E-state index contributed by atoms with van der Waals surface area (Å²) in [6.07, 6.45) is 0. The van der Waals surface area contributed by atoms with E-state index in [1.807, 2.05) is 13.0 Å². The molecule has 2 rings (SSSR count). The summed E-state index contributed by atoms with van der Waals surface area (Å²) in [5.74, 6) is -1.49. The molecule has 0 atom stereocenters. The zero-order valence-corrected chi connectivity index (χ0v) is 9.51. The Morgan fingerprint density at radius 3 is 2.65 bits per heavy atom. The molecule has 0 radical (unpaired) electrons. The van der Waals surface area contributed by atoms with Crippen LogP contribution in [0.1, 0.15) is 15.9 Å². The minimum atomic E-state index is -0.855. The van der Waals surface area contributed by atoms with E-state index in [-0.39, 0.29) is 19.0 Å². The Hall–Kier alpha value is -2.04. The van der Waals surface area contributed by atoms with Crippen LogP contribution in [-0.4, -0.2) is 35.0 Å². The van der Waals surface area contributed by atoms with Crippen LogP contribution in [0.15, 0.2) is 18.2 Å². The molecular weight excluding hydrogens is 220 g/mol. The second kappa shape index (κ2) is 4.08. The summed E-state index contributed by atoms with van der Waals surface area (Å²) in [5, 5.41) is 8.74. The summed E-state index contributed by atoms with van der Waals surface area (Å²) in [7, 11) is 0. The third-order valence-electron chi connectivity index (χ3n) is 2.96. The first-order valence-corrected chi connectivity index (χ1v) is 5.37. The first kappa shape index (κ1) is 11.4. The summed E-state index contributed by atoms with van der Waals surface area (Å²) in [4.78, 5) is 24.2. The topological polar surface area (TPSA) is 83.6 Å². The Morgan fingerprint density at radius 1 is 1.41 bits per heavy atom. The molecule has 0 unspecified atom stereocenters. The van der Waals surface area contributed by atoms with Crippen molar-refractivity contribution < 1.29 is 14.7 Å². The van der Waals surface area contributed by atoms with Crippen LogP contribution in [0.5, 0.6) is 0 Å². The maximum absolute atomic E-state index is 12.0. The van der Waals surface area contributed by atoms with Crippen LogP contribution in [-0.2, 0) is 4.79 Å². The molecule has 1 amide bonds. The lowest BCUT2D eigenvalue weighted by atomic mass is 9.98. The summed E-state index contributed by atoms with van der Waals surface area (Å²) in [6, 6.07) is 5.26. The number of nitrogens with zero attached hydrogens (tertiary/aromatic N) is 1. The van der Waals surface area contributed by atoms with Gasteiger partial charge in [0.15, 0.2) is 0 Å². The molecule has 0 aromatic heterocycles. The molecule has 5 nitrogen and oxygen atoms in total. The van der Waals surface area contributed by atoms with Gasteiger partial charge in [-0.25, -0.2) is 0 Å². The Bertz CT molecular complexity index is 479. The number of aliphatic carboxylic acids is 1. The first-order chi connectivity index (χ1) is 7.99. The van der Waals surface area contributed by atoms with Crippen LogP contribution in [0.25, 0.3) is 0 Å². The molecule has 1 aliphatic rings. The fourth-order valence-electron chi connectivity index (χ4n) is 1.83. The number of aryl methyl sites for hydroxylation is 1. The number of nitrogens with two attached hydrogens (primary N) is 1. The molecular formula is C12H14N2O3. The SMILES string of the molecule is Cc1ccc(N)c(C(=O)N2CC(C(=O)O)C2)c1. The molecule has 5 heteroatoms. The monoisotopic (exact) mass is 234 g/mol. The molecule has 3 N–H and O–H groups in total. The first-order valence-electron chi connectivity index (χ1n) is 5.37. The van der Waals surface area contributed by atoms with Gasteiger partial charge in [-0.05, 0) is 19.1 Å². The highest BCUT2D eigenvalue weighted by atomic mass is 16.4. The highest BCUT2D eigenvalue weighted by Crippen LogP contribution is 2.22. The number of carbonyl (C=O) groups is 2. The van der Waals surface area contributed by atoms with Gasteiger partial charge in [0.05, 0.1) is 11.5 Å². The van der Waals surface area contributed by atoms with Crippen LogP contribution >= 0.6 is 0 Å². The fraction of sp³-hybridized carbons (Fsp3) is 0.333. The van der Waals surface area contributed by atoms with Crippen LogP contribution in [0.4, 0.5) is 5.69 Å². The Labute approximate surface area is 98.8 Å². The average molecular weight is 234 g/mol. The van der Waals surface area contributed by atoms with Crippen molar-refractivity contribution in [3.63, 3.8) is 0 Å². The van der Waals surface area contributed by atoms with E-state index in [1.54, 1.807) is 12.1 Å². The summed E-state index contributed by atoms with van der Waals surface area (Å²) in [6.45, 7) is 2.41. The van der Waals surface area contributed by atoms with Gasteiger partial charge in [-0.3, -0.25) is 9.59 Å². The predicted octanol–water partition coefficient (Wildman–Crippen LogP) is 0.734. The molecule has 1 heterocycles. The number of anilines is 1. The van der Waals surface area contributed by atoms with E-state index in [2.05, 4.69) is 0 Å². The molecule has 17 heavy (non-hydrogen) atoms. The van der Waals surface area contributed by atoms with Crippen LogP contribution in [0, 0.1) is 12.8 Å². The molecule has 0 bridgehead atoms. The Balaban J connectivity index is 2.11. The minimum absolute atomic E-state index is 0.191. The van der Waals surface area contributed by atoms with Crippen molar-refractivity contribution in [2.24, 2.45) is 5.92 Å². The number of rotatable bonds is 2. The maximum Gasteiger partial charge on any atom is 0.310 e. The van der Waals surface area contributed by atoms with Gasteiger partial charge in [0.1, 0.15) is 0 Å². The molecule has 1 aromatic carbocycles. The predicted molar refractivity (Wildman–Crippen MR) is 62.6 cm³/mol. The van der Waals surface area contributed by atoms with Crippen molar-refractivity contribution in [1.82, 2.24) is 4.90 Å². The molecule has 1 fully saturated rings. The largest absolute Gasteiger partial charge is 0.481 e. The molecule has 90 valence electrons. The molecule has 1 aromatic rings. The third-order valence-corrected chi connectivity index (χ3v) is 2.96. The number of carboxylic acids is 1. The van der Waals surface area contributed by atoms with Crippen molar-refractivity contribution >= 4 is 17.6 Å². The van der Waals surface area contributed by atoms with E-state index in [4.69, 9.17) is 10.8 Å². The minimum Gasteiger partial charge on any atom is -0.481 e. The molecule has 0 saturated carbocycles. The van der Waals surface area contributed by atoms with Crippen molar-refractivity contribution in [1.29, 1.82) is 0 Å². The lowest BCUT2D eigenvalue weighted by Crippen LogP contribution is -2.53. The van der Waals surface area contributed by atoms with Gasteiger partial charge in [-0.2, -0.15) is 0 Å². The van der Waals surface area contributed by atoms with Crippen molar-refractivity contribution in [2.75, 3.05) is 18.8 Å². The number of carbonyl (C=O) groups excluding carboxylic acids is 1. The van der Waals surface area contributed by atoms with Crippen molar-refractivity contribution in [2.45, 2.75) is 6.92 Å². The van der Waals surface area contributed by atoms with Crippen molar-refractivity contribution in [3.8, 4) is 0 Å². The lowest BCUT2D eigenvalue weighted by molar-refractivity contribution is -0.146. The van der Waals surface area contributed by atoms with E-state index in [0.29, 0.717) is 11.3 Å².